The molecule has 0 aromatic carbocycles. The predicted molar refractivity (Wildman–Crippen MR) is 56.1 cm³/mol. The summed E-state index contributed by atoms with van der Waals surface area (Å²) in [6, 6.07) is 3.44. The van der Waals surface area contributed by atoms with Gasteiger partial charge < -0.3 is 9.84 Å². The van der Waals surface area contributed by atoms with Gasteiger partial charge in [0.2, 0.25) is 5.88 Å². The number of pyridine rings is 1. The Balaban J connectivity index is 3.00. The number of carboxylic acid groups (broad SMARTS) is 1. The summed E-state index contributed by atoms with van der Waals surface area (Å²) < 4.78 is 5.44. The first-order valence-electron chi connectivity index (χ1n) is 4.86. The minimum absolute atomic E-state index is 0.0142. The van der Waals surface area contributed by atoms with Crippen LogP contribution in [0.2, 0.25) is 0 Å². The van der Waals surface area contributed by atoms with Gasteiger partial charge in [0.05, 0.1) is 12.0 Å². The average Bonchev–Trinajstić information content (AvgIpc) is 2.16. The Morgan fingerprint density at radius 3 is 2.67 bits per heavy atom. The number of hydrogen-bond donors (Lipinski definition) is 1. The fraction of sp³-hybridized carbons (Fsp3) is 0.455. The second-order valence-electron chi connectivity index (χ2n) is 3.62. The maximum Gasteiger partial charge on any atom is 0.310 e. The van der Waals surface area contributed by atoms with Crippen LogP contribution in [0.15, 0.2) is 18.3 Å². The lowest BCUT2D eigenvalue weighted by Gasteiger charge is -2.14. The molecule has 0 bridgehead atoms. The number of aliphatic carboxylic acids is 1. The molecule has 1 unspecified atom stereocenters. The van der Waals surface area contributed by atoms with E-state index in [0.717, 1.165) is 0 Å². The number of rotatable bonds is 4. The van der Waals surface area contributed by atoms with E-state index in [0.29, 0.717) is 11.4 Å². The molecule has 0 aliphatic carbocycles. The van der Waals surface area contributed by atoms with Crippen molar-refractivity contribution in [1.82, 2.24) is 4.98 Å². The molecule has 1 rings (SSSR count). The molecule has 15 heavy (non-hydrogen) atoms. The summed E-state index contributed by atoms with van der Waals surface area (Å²) in [7, 11) is 0. The fourth-order valence-corrected chi connectivity index (χ4v) is 1.19. The predicted octanol–water partition coefficient (Wildman–Crippen LogP) is 2.06. The Hall–Kier alpha value is -1.58. The molecule has 0 spiro atoms. The molecule has 1 aromatic heterocycles. The number of hydrogen-bond acceptors (Lipinski definition) is 3. The van der Waals surface area contributed by atoms with Crippen LogP contribution in [0.3, 0.4) is 0 Å². The molecular weight excluding hydrogens is 194 g/mol. The first kappa shape index (κ1) is 11.5. The SMILES string of the molecule is CC(C)Oc1ncccc1C(C)C(=O)O. The zero-order valence-electron chi connectivity index (χ0n) is 9.10. The van der Waals surface area contributed by atoms with Crippen LogP contribution in [-0.2, 0) is 4.79 Å². The highest BCUT2D eigenvalue weighted by molar-refractivity contribution is 5.76. The highest BCUT2D eigenvalue weighted by Gasteiger charge is 2.19. The maximum absolute atomic E-state index is 10.9. The van der Waals surface area contributed by atoms with Gasteiger partial charge in [0.1, 0.15) is 0 Å². The second-order valence-corrected chi connectivity index (χ2v) is 3.62. The van der Waals surface area contributed by atoms with Crippen molar-refractivity contribution in [3.63, 3.8) is 0 Å². The van der Waals surface area contributed by atoms with Gasteiger partial charge in [0, 0.05) is 11.8 Å². The normalized spacial score (nSPS) is 12.5. The number of carbonyl (C=O) groups is 1. The summed E-state index contributed by atoms with van der Waals surface area (Å²) >= 11 is 0. The molecule has 82 valence electrons. The molecule has 1 N–H and O–H groups in total. The van der Waals surface area contributed by atoms with Crippen LogP contribution in [0, 0.1) is 0 Å². The Bertz CT molecular complexity index is 349. The average molecular weight is 209 g/mol. The molecule has 4 heteroatoms. The quantitative estimate of drug-likeness (QED) is 0.824. The van der Waals surface area contributed by atoms with Gasteiger partial charge in [0.25, 0.3) is 0 Å². The first-order valence-corrected chi connectivity index (χ1v) is 4.86. The number of nitrogens with zero attached hydrogens (tertiary/aromatic N) is 1. The highest BCUT2D eigenvalue weighted by atomic mass is 16.5. The smallest absolute Gasteiger partial charge is 0.310 e. The summed E-state index contributed by atoms with van der Waals surface area (Å²) in [6.07, 6.45) is 1.58. The van der Waals surface area contributed by atoms with E-state index in [1.54, 1.807) is 25.3 Å². The van der Waals surface area contributed by atoms with E-state index >= 15 is 0 Å². The van der Waals surface area contributed by atoms with Crippen LogP contribution in [0.4, 0.5) is 0 Å². The minimum Gasteiger partial charge on any atom is -0.481 e. The van der Waals surface area contributed by atoms with Crippen LogP contribution in [-0.4, -0.2) is 22.2 Å². The van der Waals surface area contributed by atoms with E-state index in [1.807, 2.05) is 13.8 Å². The standard InChI is InChI=1S/C11H15NO3/c1-7(2)15-10-9(5-4-6-12-10)8(3)11(13)14/h4-8H,1-3H3,(H,13,14). The van der Waals surface area contributed by atoms with Gasteiger partial charge in [-0.25, -0.2) is 4.98 Å². The van der Waals surface area contributed by atoms with E-state index < -0.39 is 11.9 Å². The Kier molecular flexibility index (Phi) is 3.66. The third-order valence-corrected chi connectivity index (χ3v) is 1.98. The molecule has 4 nitrogen and oxygen atoms in total. The van der Waals surface area contributed by atoms with Gasteiger partial charge in [0.15, 0.2) is 0 Å². The van der Waals surface area contributed by atoms with Gasteiger partial charge in [-0.2, -0.15) is 0 Å². The topological polar surface area (TPSA) is 59.4 Å². The molecule has 0 aliphatic rings. The largest absolute Gasteiger partial charge is 0.481 e. The van der Waals surface area contributed by atoms with Gasteiger partial charge in [-0.3, -0.25) is 4.79 Å². The lowest BCUT2D eigenvalue weighted by molar-refractivity contribution is -0.138. The van der Waals surface area contributed by atoms with Crippen molar-refractivity contribution in [2.45, 2.75) is 32.8 Å². The Morgan fingerprint density at radius 2 is 2.13 bits per heavy atom. The van der Waals surface area contributed by atoms with E-state index in [2.05, 4.69) is 4.98 Å². The van der Waals surface area contributed by atoms with E-state index in [9.17, 15) is 4.79 Å². The summed E-state index contributed by atoms with van der Waals surface area (Å²) in [4.78, 5) is 14.9. The lowest BCUT2D eigenvalue weighted by atomic mass is 10.0. The minimum atomic E-state index is -0.878. The third-order valence-electron chi connectivity index (χ3n) is 1.98. The fourth-order valence-electron chi connectivity index (χ4n) is 1.19. The van der Waals surface area contributed by atoms with Crippen LogP contribution in [0.1, 0.15) is 32.3 Å². The third kappa shape index (κ3) is 2.94. The molecular formula is C11H15NO3. The van der Waals surface area contributed by atoms with Crippen molar-refractivity contribution >= 4 is 5.97 Å². The van der Waals surface area contributed by atoms with Crippen molar-refractivity contribution in [2.75, 3.05) is 0 Å². The zero-order valence-corrected chi connectivity index (χ0v) is 9.10. The van der Waals surface area contributed by atoms with Gasteiger partial charge in [-0.1, -0.05) is 6.07 Å². The van der Waals surface area contributed by atoms with Crippen molar-refractivity contribution in [1.29, 1.82) is 0 Å². The molecule has 0 saturated carbocycles. The Labute approximate surface area is 88.9 Å². The monoisotopic (exact) mass is 209 g/mol. The molecule has 0 fully saturated rings. The summed E-state index contributed by atoms with van der Waals surface area (Å²) in [5.74, 6) is -1.08. The highest BCUT2D eigenvalue weighted by Crippen LogP contribution is 2.24. The molecule has 0 amide bonds. The van der Waals surface area contributed by atoms with Gasteiger partial charge in [-0.05, 0) is 26.8 Å². The molecule has 0 radical (unpaired) electrons. The van der Waals surface area contributed by atoms with Crippen molar-refractivity contribution in [2.24, 2.45) is 0 Å². The van der Waals surface area contributed by atoms with Crippen LogP contribution >= 0.6 is 0 Å². The van der Waals surface area contributed by atoms with Crippen LogP contribution in [0.5, 0.6) is 5.88 Å². The molecule has 0 saturated heterocycles. The number of ether oxygens (including phenoxy) is 1. The second kappa shape index (κ2) is 4.77. The van der Waals surface area contributed by atoms with E-state index in [4.69, 9.17) is 9.84 Å². The van der Waals surface area contributed by atoms with Crippen molar-refractivity contribution < 1.29 is 14.6 Å². The molecule has 1 aromatic rings. The molecule has 1 atom stereocenters. The van der Waals surface area contributed by atoms with Crippen molar-refractivity contribution in [3.8, 4) is 5.88 Å². The Morgan fingerprint density at radius 1 is 1.47 bits per heavy atom. The van der Waals surface area contributed by atoms with Crippen LogP contribution < -0.4 is 4.74 Å². The summed E-state index contributed by atoms with van der Waals surface area (Å²) in [5.41, 5.74) is 0.610. The van der Waals surface area contributed by atoms with Crippen LogP contribution in [0.25, 0.3) is 0 Å². The number of aromatic nitrogens is 1. The molecule has 1 heterocycles. The zero-order chi connectivity index (χ0) is 11.4. The summed E-state index contributed by atoms with van der Waals surface area (Å²) in [5, 5.41) is 8.91. The van der Waals surface area contributed by atoms with Crippen molar-refractivity contribution in [3.05, 3.63) is 23.9 Å². The van der Waals surface area contributed by atoms with E-state index in [-0.39, 0.29) is 6.10 Å². The number of carboxylic acids is 1. The molecule has 0 aliphatic heterocycles. The van der Waals surface area contributed by atoms with Gasteiger partial charge in [-0.15, -0.1) is 0 Å². The van der Waals surface area contributed by atoms with E-state index in [1.165, 1.54) is 0 Å². The lowest BCUT2D eigenvalue weighted by Crippen LogP contribution is -2.13. The van der Waals surface area contributed by atoms with Gasteiger partial charge >= 0.3 is 5.97 Å². The maximum atomic E-state index is 10.9. The summed E-state index contributed by atoms with van der Waals surface area (Å²) in [6.45, 7) is 5.38. The first-order chi connectivity index (χ1) is 7.02.